The van der Waals surface area contributed by atoms with E-state index in [1.165, 1.54) is 18.2 Å². The number of nitro benzene ring substituents is 1. The highest BCUT2D eigenvalue weighted by Gasteiger charge is 2.10. The molecule has 21 heavy (non-hydrogen) atoms. The van der Waals surface area contributed by atoms with Crippen molar-refractivity contribution in [2.75, 3.05) is 12.4 Å². The second kappa shape index (κ2) is 8.16. The summed E-state index contributed by atoms with van der Waals surface area (Å²) in [6.45, 7) is 0.410. The summed E-state index contributed by atoms with van der Waals surface area (Å²) in [7, 11) is -3.38. The molecule has 0 saturated carbocycles. The highest BCUT2D eigenvalue weighted by atomic mass is 35.5. The van der Waals surface area contributed by atoms with Crippen molar-refractivity contribution in [3.63, 3.8) is 0 Å². The number of benzene rings is 1. The number of non-ortho nitro benzene ring substituents is 1. The number of hydrogen-bond acceptors (Lipinski definition) is 5. The lowest BCUT2D eigenvalue weighted by atomic mass is 10.2. The molecule has 1 aromatic carbocycles. The molecule has 2 N–H and O–H groups in total. The third-order valence-electron chi connectivity index (χ3n) is 2.71. The molecule has 0 bridgehead atoms. The fraction of sp³-hybridized carbons (Fsp3) is 0.500. The van der Waals surface area contributed by atoms with Crippen molar-refractivity contribution in [3.05, 3.63) is 33.3 Å². The van der Waals surface area contributed by atoms with Crippen LogP contribution in [0.1, 0.15) is 25.7 Å². The Morgan fingerprint density at radius 1 is 1.24 bits per heavy atom. The molecule has 0 saturated heterocycles. The number of halogens is 1. The van der Waals surface area contributed by atoms with Crippen molar-refractivity contribution in [2.45, 2.75) is 25.7 Å². The minimum absolute atomic E-state index is 0.0119. The van der Waals surface area contributed by atoms with Gasteiger partial charge in [0.25, 0.3) is 5.69 Å². The van der Waals surface area contributed by atoms with Crippen LogP contribution in [-0.4, -0.2) is 25.7 Å². The summed E-state index contributed by atoms with van der Waals surface area (Å²) < 4.78 is 26.8. The first-order valence-corrected chi connectivity index (χ1v) is 8.46. The average Bonchev–Trinajstić information content (AvgIpc) is 2.37. The van der Waals surface area contributed by atoms with Gasteiger partial charge in [0.05, 0.1) is 22.3 Å². The summed E-state index contributed by atoms with van der Waals surface area (Å²) in [5.74, 6) is 0.383. The van der Waals surface area contributed by atoms with Gasteiger partial charge in [-0.2, -0.15) is 0 Å². The van der Waals surface area contributed by atoms with Crippen molar-refractivity contribution >= 4 is 27.3 Å². The molecule has 0 radical (unpaired) electrons. The van der Waals surface area contributed by atoms with Crippen molar-refractivity contribution in [1.29, 1.82) is 0 Å². The highest BCUT2D eigenvalue weighted by Crippen LogP contribution is 2.28. The first-order chi connectivity index (χ1) is 9.79. The summed E-state index contributed by atoms with van der Waals surface area (Å²) >= 11 is 5.88. The van der Waals surface area contributed by atoms with Crippen LogP contribution in [-0.2, 0) is 10.0 Å². The van der Waals surface area contributed by atoms with Crippen molar-refractivity contribution in [2.24, 2.45) is 5.14 Å². The van der Waals surface area contributed by atoms with Gasteiger partial charge < -0.3 is 4.74 Å². The number of nitrogens with zero attached hydrogens (tertiary/aromatic N) is 1. The largest absolute Gasteiger partial charge is 0.492 e. The Labute approximate surface area is 128 Å². The zero-order valence-electron chi connectivity index (χ0n) is 11.3. The van der Waals surface area contributed by atoms with E-state index in [4.69, 9.17) is 21.5 Å². The maximum Gasteiger partial charge on any atom is 0.271 e. The van der Waals surface area contributed by atoms with Gasteiger partial charge >= 0.3 is 0 Å². The number of sulfonamides is 1. The predicted octanol–water partition coefficient (Wildman–Crippen LogP) is 2.48. The predicted molar refractivity (Wildman–Crippen MR) is 80.0 cm³/mol. The Balaban J connectivity index is 2.26. The number of hydrogen-bond donors (Lipinski definition) is 1. The van der Waals surface area contributed by atoms with Crippen LogP contribution in [0.2, 0.25) is 5.02 Å². The molecule has 9 heteroatoms. The molecular weight excluding hydrogens is 320 g/mol. The maximum atomic E-state index is 10.7. The SMILES string of the molecule is NS(=O)(=O)CCCCCCOc1ccc([N+](=O)[O-])cc1Cl. The van der Waals surface area contributed by atoms with Gasteiger partial charge in [-0.05, 0) is 18.9 Å². The Bertz CT molecular complexity index is 591. The second-order valence-corrected chi connectivity index (χ2v) is 6.64. The van der Waals surface area contributed by atoms with Crippen LogP contribution in [0.15, 0.2) is 18.2 Å². The van der Waals surface area contributed by atoms with Gasteiger partial charge in [-0.3, -0.25) is 10.1 Å². The number of nitro groups is 1. The smallest absolute Gasteiger partial charge is 0.271 e. The van der Waals surface area contributed by atoms with Gasteiger partial charge in [0.1, 0.15) is 5.75 Å². The number of nitrogens with two attached hydrogens (primary N) is 1. The highest BCUT2D eigenvalue weighted by molar-refractivity contribution is 7.89. The molecule has 0 aliphatic rings. The number of rotatable bonds is 9. The normalized spacial score (nSPS) is 11.3. The van der Waals surface area contributed by atoms with E-state index in [-0.39, 0.29) is 16.5 Å². The molecule has 0 heterocycles. The minimum atomic E-state index is -3.38. The van der Waals surface area contributed by atoms with Crippen LogP contribution in [0, 0.1) is 10.1 Å². The molecular formula is C12H17ClN2O5S. The Morgan fingerprint density at radius 2 is 1.90 bits per heavy atom. The van der Waals surface area contributed by atoms with Crippen LogP contribution in [0.3, 0.4) is 0 Å². The minimum Gasteiger partial charge on any atom is -0.492 e. The molecule has 0 aliphatic heterocycles. The first kappa shape index (κ1) is 17.7. The van der Waals surface area contributed by atoms with Crippen molar-refractivity contribution in [1.82, 2.24) is 0 Å². The first-order valence-electron chi connectivity index (χ1n) is 6.37. The Morgan fingerprint density at radius 3 is 2.48 bits per heavy atom. The molecule has 0 aliphatic carbocycles. The average molecular weight is 337 g/mol. The van der Waals surface area contributed by atoms with E-state index in [0.717, 1.165) is 19.3 Å². The van der Waals surface area contributed by atoms with Gasteiger partial charge in [-0.25, -0.2) is 13.6 Å². The topological polar surface area (TPSA) is 113 Å². The summed E-state index contributed by atoms with van der Waals surface area (Å²) in [4.78, 5) is 10.0. The zero-order valence-corrected chi connectivity index (χ0v) is 12.9. The summed E-state index contributed by atoms with van der Waals surface area (Å²) in [5, 5.41) is 15.6. The van der Waals surface area contributed by atoms with Crippen LogP contribution >= 0.6 is 11.6 Å². The molecule has 0 fully saturated rings. The zero-order chi connectivity index (χ0) is 15.9. The van der Waals surface area contributed by atoms with E-state index in [0.29, 0.717) is 18.8 Å². The van der Waals surface area contributed by atoms with Gasteiger partial charge in [0.2, 0.25) is 10.0 Å². The van der Waals surface area contributed by atoms with E-state index in [1.807, 2.05) is 0 Å². The molecule has 0 spiro atoms. The van der Waals surface area contributed by atoms with E-state index in [2.05, 4.69) is 0 Å². The monoisotopic (exact) mass is 336 g/mol. The molecule has 0 amide bonds. The molecule has 7 nitrogen and oxygen atoms in total. The van der Waals surface area contributed by atoms with Gasteiger partial charge in [0.15, 0.2) is 0 Å². The molecule has 118 valence electrons. The summed E-state index contributed by atoms with van der Waals surface area (Å²) in [6.07, 6.45) is 2.81. The standard InChI is InChI=1S/C12H17ClN2O5S/c13-11-9-10(15(16)17)5-6-12(11)20-7-3-1-2-4-8-21(14,18)19/h5-6,9H,1-4,7-8H2,(H2,14,18,19). The fourth-order valence-corrected chi connectivity index (χ4v) is 2.50. The maximum absolute atomic E-state index is 10.7. The van der Waals surface area contributed by atoms with E-state index < -0.39 is 14.9 Å². The van der Waals surface area contributed by atoms with Gasteiger partial charge in [-0.1, -0.05) is 24.4 Å². The van der Waals surface area contributed by atoms with Crippen LogP contribution in [0.25, 0.3) is 0 Å². The van der Waals surface area contributed by atoms with E-state index in [1.54, 1.807) is 0 Å². The van der Waals surface area contributed by atoms with Crippen LogP contribution < -0.4 is 9.88 Å². The molecule has 0 unspecified atom stereocenters. The van der Waals surface area contributed by atoms with Crippen molar-refractivity contribution < 1.29 is 18.1 Å². The third-order valence-corrected chi connectivity index (χ3v) is 3.86. The number of ether oxygens (including phenoxy) is 1. The van der Waals surface area contributed by atoms with Gasteiger partial charge in [-0.15, -0.1) is 0 Å². The molecule has 1 rings (SSSR count). The van der Waals surface area contributed by atoms with Crippen LogP contribution in [0.4, 0.5) is 5.69 Å². The Kier molecular flexibility index (Phi) is 6.86. The second-order valence-electron chi connectivity index (χ2n) is 4.50. The van der Waals surface area contributed by atoms with E-state index in [9.17, 15) is 18.5 Å². The molecule has 0 aromatic heterocycles. The summed E-state index contributed by atoms with van der Waals surface area (Å²) in [6, 6.07) is 4.03. The lowest BCUT2D eigenvalue weighted by molar-refractivity contribution is -0.384. The third kappa shape index (κ3) is 7.26. The molecule has 0 atom stereocenters. The van der Waals surface area contributed by atoms with Crippen LogP contribution in [0.5, 0.6) is 5.75 Å². The van der Waals surface area contributed by atoms with E-state index >= 15 is 0 Å². The lowest BCUT2D eigenvalue weighted by Gasteiger charge is -2.07. The number of primary sulfonamides is 1. The Hall–Kier alpha value is -1.38. The fourth-order valence-electron chi connectivity index (χ4n) is 1.66. The van der Waals surface area contributed by atoms with Crippen molar-refractivity contribution in [3.8, 4) is 5.75 Å². The molecule has 1 aromatic rings. The summed E-state index contributed by atoms with van der Waals surface area (Å²) in [5.41, 5.74) is -0.0876. The quantitative estimate of drug-likeness (QED) is 0.423. The lowest BCUT2D eigenvalue weighted by Crippen LogP contribution is -2.16. The number of unbranched alkanes of at least 4 members (excludes halogenated alkanes) is 3. The van der Waals surface area contributed by atoms with Gasteiger partial charge in [0, 0.05) is 12.1 Å².